The minimum Gasteiger partial charge on any atom is -0.206 e. The Kier molecular flexibility index (Phi) is 5.17. The van der Waals surface area contributed by atoms with E-state index in [1.165, 1.54) is 44.6 Å². The molecule has 0 N–H and O–H groups in total. The first-order valence-electron chi connectivity index (χ1n) is 10.4. The zero-order valence-corrected chi connectivity index (χ0v) is 16.0. The van der Waals surface area contributed by atoms with Gasteiger partial charge in [0, 0.05) is 0 Å². The summed E-state index contributed by atoms with van der Waals surface area (Å²) in [6.07, 6.45) is 9.74. The molecule has 4 rings (SSSR count). The molecule has 2 fully saturated rings. The van der Waals surface area contributed by atoms with Crippen LogP contribution in [-0.2, 0) is 0 Å². The summed E-state index contributed by atoms with van der Waals surface area (Å²) in [4.78, 5) is 0. The highest BCUT2D eigenvalue weighted by Crippen LogP contribution is 2.49. The van der Waals surface area contributed by atoms with Crippen LogP contribution < -0.4 is 0 Å². The number of nitriles is 1. The van der Waals surface area contributed by atoms with Crippen molar-refractivity contribution in [3.05, 3.63) is 47.0 Å². The molecule has 0 spiro atoms. The summed E-state index contributed by atoms with van der Waals surface area (Å²) in [5.74, 6) is 1.30. The molecule has 0 aliphatic heterocycles. The van der Waals surface area contributed by atoms with Crippen molar-refractivity contribution < 1.29 is 8.78 Å². The van der Waals surface area contributed by atoms with Crippen LogP contribution in [0.3, 0.4) is 0 Å². The third-order valence-corrected chi connectivity index (χ3v) is 7.05. The molecule has 1 nitrogen and oxygen atoms in total. The largest absolute Gasteiger partial charge is 0.206 e. The Labute approximate surface area is 160 Å². The maximum Gasteiger partial charge on any atom is 0.152 e. The van der Waals surface area contributed by atoms with Gasteiger partial charge < -0.3 is 0 Å². The Morgan fingerprint density at radius 2 is 1.85 bits per heavy atom. The van der Waals surface area contributed by atoms with Crippen LogP contribution in [0.25, 0.3) is 10.8 Å². The summed E-state index contributed by atoms with van der Waals surface area (Å²) < 4.78 is 29.1. The van der Waals surface area contributed by atoms with Gasteiger partial charge in [-0.1, -0.05) is 38.3 Å². The SMILES string of the molecule is CCCC1CCC2CC(c3cc4cccc(F)c4c(F)c3C#N)CCC2C1. The number of nitrogens with zero attached hydrogens (tertiary/aromatic N) is 1. The van der Waals surface area contributed by atoms with Gasteiger partial charge in [-0.05, 0) is 78.9 Å². The second-order valence-corrected chi connectivity index (χ2v) is 8.60. The van der Waals surface area contributed by atoms with E-state index in [0.29, 0.717) is 11.3 Å². The Balaban J connectivity index is 1.63. The molecule has 2 aliphatic carbocycles. The molecule has 0 radical (unpaired) electrons. The van der Waals surface area contributed by atoms with Gasteiger partial charge in [0.25, 0.3) is 0 Å². The molecule has 0 bridgehead atoms. The zero-order chi connectivity index (χ0) is 19.0. The smallest absolute Gasteiger partial charge is 0.152 e. The predicted octanol–water partition coefficient (Wildman–Crippen LogP) is 7.09. The maximum absolute atomic E-state index is 15.0. The summed E-state index contributed by atoms with van der Waals surface area (Å²) in [5, 5.41) is 10.1. The maximum atomic E-state index is 15.0. The first kappa shape index (κ1) is 18.4. The standard InChI is InChI=1S/C24H27F2N/c1-2-4-15-7-8-17-12-18(10-9-16(17)11-15)20-13-19-5-3-6-22(25)23(19)24(26)21(20)14-27/h3,5-6,13,15-18H,2,4,7-12H2,1H3. The van der Waals surface area contributed by atoms with E-state index in [1.807, 2.05) is 12.1 Å². The van der Waals surface area contributed by atoms with Crippen molar-refractivity contribution >= 4 is 10.8 Å². The Hall–Kier alpha value is -1.95. The molecule has 0 aromatic heterocycles. The lowest BCUT2D eigenvalue weighted by Gasteiger charge is -2.42. The highest BCUT2D eigenvalue weighted by molar-refractivity contribution is 5.86. The minimum atomic E-state index is -0.683. The van der Waals surface area contributed by atoms with Gasteiger partial charge in [0.1, 0.15) is 11.9 Å². The number of halogens is 2. The molecular weight excluding hydrogens is 340 g/mol. The second kappa shape index (κ2) is 7.58. The van der Waals surface area contributed by atoms with Crippen molar-refractivity contribution in [3.8, 4) is 6.07 Å². The number of hydrogen-bond acceptors (Lipinski definition) is 1. The molecule has 2 aromatic rings. The van der Waals surface area contributed by atoms with Crippen LogP contribution in [0.2, 0.25) is 0 Å². The molecule has 3 heteroatoms. The topological polar surface area (TPSA) is 23.8 Å². The fraction of sp³-hybridized carbons (Fsp3) is 0.542. The molecule has 27 heavy (non-hydrogen) atoms. The molecule has 2 saturated carbocycles. The van der Waals surface area contributed by atoms with Crippen molar-refractivity contribution in [2.24, 2.45) is 17.8 Å². The van der Waals surface area contributed by atoms with Crippen molar-refractivity contribution in [2.75, 3.05) is 0 Å². The summed E-state index contributed by atoms with van der Waals surface area (Å²) >= 11 is 0. The number of fused-ring (bicyclic) bond motifs is 2. The lowest BCUT2D eigenvalue weighted by atomic mass is 9.63. The first-order chi connectivity index (χ1) is 13.1. The van der Waals surface area contributed by atoms with Crippen molar-refractivity contribution in [2.45, 2.75) is 64.2 Å². The number of hydrogen-bond donors (Lipinski definition) is 0. The van der Waals surface area contributed by atoms with Crippen LogP contribution in [0, 0.1) is 40.7 Å². The quantitative estimate of drug-likeness (QED) is 0.568. The molecular formula is C24H27F2N. The number of benzene rings is 2. The van der Waals surface area contributed by atoms with Crippen LogP contribution >= 0.6 is 0 Å². The highest BCUT2D eigenvalue weighted by Gasteiger charge is 2.36. The van der Waals surface area contributed by atoms with Crippen LogP contribution in [0.4, 0.5) is 8.78 Å². The third kappa shape index (κ3) is 3.35. The first-order valence-corrected chi connectivity index (χ1v) is 10.4. The van der Waals surface area contributed by atoms with E-state index in [4.69, 9.17) is 0 Å². The Morgan fingerprint density at radius 1 is 1.07 bits per heavy atom. The van der Waals surface area contributed by atoms with Gasteiger partial charge in [0.05, 0.1) is 10.9 Å². The summed E-state index contributed by atoms with van der Waals surface area (Å²) in [5.41, 5.74) is 0.845. The van der Waals surface area contributed by atoms with Gasteiger partial charge in [0.2, 0.25) is 0 Å². The molecule has 0 saturated heterocycles. The van der Waals surface area contributed by atoms with Gasteiger partial charge >= 0.3 is 0 Å². The summed E-state index contributed by atoms with van der Waals surface area (Å²) in [6, 6.07) is 8.51. The molecule has 2 aromatic carbocycles. The monoisotopic (exact) mass is 367 g/mol. The molecule has 4 unspecified atom stereocenters. The van der Waals surface area contributed by atoms with Crippen LogP contribution in [-0.4, -0.2) is 0 Å². The molecule has 0 heterocycles. The molecule has 2 aliphatic rings. The lowest BCUT2D eigenvalue weighted by molar-refractivity contribution is 0.114. The van der Waals surface area contributed by atoms with E-state index in [-0.39, 0.29) is 16.9 Å². The van der Waals surface area contributed by atoms with Gasteiger partial charge in [0.15, 0.2) is 5.82 Å². The van der Waals surface area contributed by atoms with E-state index in [1.54, 1.807) is 12.1 Å². The molecule has 142 valence electrons. The number of rotatable bonds is 3. The fourth-order valence-corrected chi connectivity index (χ4v) is 5.76. The van der Waals surface area contributed by atoms with E-state index in [2.05, 4.69) is 6.92 Å². The Bertz CT molecular complexity index is 882. The van der Waals surface area contributed by atoms with E-state index in [9.17, 15) is 14.0 Å². The van der Waals surface area contributed by atoms with Crippen molar-refractivity contribution in [1.29, 1.82) is 5.26 Å². The second-order valence-electron chi connectivity index (χ2n) is 8.60. The third-order valence-electron chi connectivity index (χ3n) is 7.05. The normalized spacial score (nSPS) is 27.9. The fourth-order valence-electron chi connectivity index (χ4n) is 5.76. The van der Waals surface area contributed by atoms with Crippen molar-refractivity contribution in [1.82, 2.24) is 0 Å². The average molecular weight is 367 g/mol. The van der Waals surface area contributed by atoms with Gasteiger partial charge in [-0.25, -0.2) is 8.78 Å². The van der Waals surface area contributed by atoms with Crippen molar-refractivity contribution in [3.63, 3.8) is 0 Å². The average Bonchev–Trinajstić information content (AvgIpc) is 2.67. The highest BCUT2D eigenvalue weighted by atomic mass is 19.1. The van der Waals surface area contributed by atoms with Gasteiger partial charge in [-0.2, -0.15) is 5.26 Å². The van der Waals surface area contributed by atoms with Gasteiger partial charge in [-0.3, -0.25) is 0 Å². The molecule has 4 atom stereocenters. The van der Waals surface area contributed by atoms with Gasteiger partial charge in [-0.15, -0.1) is 0 Å². The van der Waals surface area contributed by atoms with E-state index in [0.717, 1.165) is 30.2 Å². The van der Waals surface area contributed by atoms with E-state index < -0.39 is 11.6 Å². The zero-order valence-electron chi connectivity index (χ0n) is 16.0. The van der Waals surface area contributed by atoms with Crippen LogP contribution in [0.1, 0.15) is 75.3 Å². The Morgan fingerprint density at radius 3 is 2.63 bits per heavy atom. The predicted molar refractivity (Wildman–Crippen MR) is 104 cm³/mol. The molecule has 0 amide bonds. The minimum absolute atomic E-state index is 0.0495. The van der Waals surface area contributed by atoms with Crippen LogP contribution in [0.5, 0.6) is 0 Å². The van der Waals surface area contributed by atoms with Crippen LogP contribution in [0.15, 0.2) is 24.3 Å². The van der Waals surface area contributed by atoms with E-state index >= 15 is 0 Å². The summed E-state index contributed by atoms with van der Waals surface area (Å²) in [6.45, 7) is 2.27. The summed E-state index contributed by atoms with van der Waals surface area (Å²) in [7, 11) is 0. The lowest BCUT2D eigenvalue weighted by Crippen LogP contribution is -2.30.